The minimum Gasteiger partial charge on any atom is -0.489 e. The van der Waals surface area contributed by atoms with Crippen molar-refractivity contribution in [2.45, 2.75) is 23.8 Å². The average molecular weight is 435 g/mol. The highest BCUT2D eigenvalue weighted by Gasteiger charge is 2.31. The number of carbonyl (C=O) groups is 1. The zero-order valence-electron chi connectivity index (χ0n) is 17.2. The lowest BCUT2D eigenvalue weighted by Crippen LogP contribution is -2.38. The van der Waals surface area contributed by atoms with Crippen molar-refractivity contribution >= 4 is 23.6 Å². The van der Waals surface area contributed by atoms with Gasteiger partial charge in [0, 0.05) is 23.0 Å². The van der Waals surface area contributed by atoms with E-state index < -0.39 is 5.97 Å². The number of nitrogens with one attached hydrogen (secondary N) is 2. The summed E-state index contributed by atoms with van der Waals surface area (Å²) in [4.78, 5) is 12.7. The second-order valence-electron chi connectivity index (χ2n) is 7.62. The van der Waals surface area contributed by atoms with E-state index in [1.165, 1.54) is 11.9 Å². The molecule has 1 fully saturated rings. The first kappa shape index (κ1) is 21.3. The molecule has 2 atom stereocenters. The van der Waals surface area contributed by atoms with E-state index in [9.17, 15) is 9.90 Å². The Balaban J connectivity index is 1.34. The van der Waals surface area contributed by atoms with Crippen LogP contribution in [0.5, 0.6) is 5.75 Å². The summed E-state index contributed by atoms with van der Waals surface area (Å²) < 4.78 is 9.21. The summed E-state index contributed by atoms with van der Waals surface area (Å²) >= 11 is 1.52. The van der Waals surface area contributed by atoms with Gasteiger partial charge in [0.05, 0.1) is 5.92 Å². The van der Waals surface area contributed by atoms with Crippen LogP contribution >= 0.6 is 11.9 Å². The van der Waals surface area contributed by atoms with Gasteiger partial charge in [0.1, 0.15) is 12.4 Å². The molecule has 3 aromatic carbocycles. The van der Waals surface area contributed by atoms with Crippen LogP contribution in [0, 0.1) is 5.92 Å². The molecule has 0 amide bonds. The number of anilines is 1. The second kappa shape index (κ2) is 10.4. The number of carboxylic acid groups (broad SMARTS) is 1. The van der Waals surface area contributed by atoms with Gasteiger partial charge < -0.3 is 19.9 Å². The van der Waals surface area contributed by atoms with E-state index in [0.29, 0.717) is 19.6 Å². The Bertz CT molecular complexity index is 995. The third-order valence-corrected chi connectivity index (χ3v) is 6.32. The van der Waals surface area contributed by atoms with Crippen molar-refractivity contribution in [2.75, 3.05) is 17.8 Å². The molecule has 1 saturated heterocycles. The lowest BCUT2D eigenvalue weighted by atomic mass is 9.81. The molecule has 0 bridgehead atoms. The van der Waals surface area contributed by atoms with Gasteiger partial charge in [0.25, 0.3) is 0 Å². The molecule has 0 aromatic heterocycles. The quantitative estimate of drug-likeness (QED) is 0.425. The van der Waals surface area contributed by atoms with Crippen molar-refractivity contribution in [3.05, 3.63) is 90.0 Å². The average Bonchev–Trinajstić information content (AvgIpc) is 2.83. The van der Waals surface area contributed by atoms with Crippen LogP contribution in [0.2, 0.25) is 0 Å². The summed E-state index contributed by atoms with van der Waals surface area (Å²) in [6, 6.07) is 26.1. The number of ether oxygens (including phenoxy) is 1. The SMILES string of the molecule is O=C(O)C1CCNCC1c1cccc(NSc2ccc(OCc3ccccc3)cc2)c1. The molecule has 160 valence electrons. The molecule has 31 heavy (non-hydrogen) atoms. The number of aliphatic carboxylic acids is 1. The molecular formula is C25H26N2O3S. The number of rotatable bonds is 8. The van der Waals surface area contributed by atoms with Crippen LogP contribution in [0.1, 0.15) is 23.5 Å². The van der Waals surface area contributed by atoms with Gasteiger partial charge in [-0.05, 0) is 72.4 Å². The first-order valence-electron chi connectivity index (χ1n) is 10.4. The lowest BCUT2D eigenvalue weighted by molar-refractivity contribution is -0.143. The van der Waals surface area contributed by atoms with Gasteiger partial charge in [-0.1, -0.05) is 42.5 Å². The van der Waals surface area contributed by atoms with Crippen molar-refractivity contribution in [1.82, 2.24) is 5.32 Å². The van der Waals surface area contributed by atoms with Crippen molar-refractivity contribution in [3.8, 4) is 5.75 Å². The summed E-state index contributed by atoms with van der Waals surface area (Å²) in [5.41, 5.74) is 3.15. The normalized spacial score (nSPS) is 18.3. The van der Waals surface area contributed by atoms with Crippen molar-refractivity contribution in [2.24, 2.45) is 5.92 Å². The van der Waals surface area contributed by atoms with Gasteiger partial charge in [-0.2, -0.15) is 0 Å². The fourth-order valence-corrected chi connectivity index (χ4v) is 4.43. The molecule has 3 N–H and O–H groups in total. The highest BCUT2D eigenvalue weighted by Crippen LogP contribution is 2.32. The van der Waals surface area contributed by atoms with Crippen LogP contribution in [0.25, 0.3) is 0 Å². The topological polar surface area (TPSA) is 70.6 Å². The highest BCUT2D eigenvalue weighted by atomic mass is 32.2. The molecule has 5 nitrogen and oxygen atoms in total. The molecular weight excluding hydrogens is 408 g/mol. The summed E-state index contributed by atoms with van der Waals surface area (Å²) in [5, 5.41) is 12.9. The van der Waals surface area contributed by atoms with Gasteiger partial charge in [-0.25, -0.2) is 0 Å². The minimum atomic E-state index is -0.714. The van der Waals surface area contributed by atoms with E-state index in [1.807, 2.05) is 72.8 Å². The predicted molar refractivity (Wildman–Crippen MR) is 124 cm³/mol. The molecule has 4 rings (SSSR count). The van der Waals surface area contributed by atoms with Gasteiger partial charge in [-0.15, -0.1) is 0 Å². The van der Waals surface area contributed by atoms with E-state index in [4.69, 9.17) is 4.74 Å². The summed E-state index contributed by atoms with van der Waals surface area (Å²) in [7, 11) is 0. The molecule has 0 spiro atoms. The Morgan fingerprint density at radius 1 is 1.06 bits per heavy atom. The van der Waals surface area contributed by atoms with Crippen LogP contribution in [0.15, 0.2) is 83.8 Å². The fourth-order valence-electron chi connectivity index (χ4n) is 3.80. The third kappa shape index (κ3) is 5.81. The molecule has 2 unspecified atom stereocenters. The molecule has 1 heterocycles. The minimum absolute atomic E-state index is 0.0148. The lowest BCUT2D eigenvalue weighted by Gasteiger charge is -2.29. The Morgan fingerprint density at radius 2 is 1.87 bits per heavy atom. The summed E-state index contributed by atoms with van der Waals surface area (Å²) in [6.07, 6.45) is 0.658. The molecule has 0 aliphatic carbocycles. The predicted octanol–water partition coefficient (Wildman–Crippen LogP) is 5.16. The highest BCUT2D eigenvalue weighted by molar-refractivity contribution is 8.00. The maximum atomic E-state index is 11.6. The second-order valence-corrected chi connectivity index (χ2v) is 8.50. The van der Waals surface area contributed by atoms with Crippen molar-refractivity contribution in [3.63, 3.8) is 0 Å². The van der Waals surface area contributed by atoms with E-state index in [-0.39, 0.29) is 11.8 Å². The van der Waals surface area contributed by atoms with Gasteiger partial charge >= 0.3 is 5.97 Å². The molecule has 1 aliphatic heterocycles. The van der Waals surface area contributed by atoms with Crippen LogP contribution in [-0.2, 0) is 11.4 Å². The molecule has 0 radical (unpaired) electrons. The molecule has 6 heteroatoms. The Labute approximate surface area is 187 Å². The number of hydrogen-bond acceptors (Lipinski definition) is 5. The zero-order valence-corrected chi connectivity index (χ0v) is 18.0. The Hall–Kier alpha value is -2.96. The fraction of sp³-hybridized carbons (Fsp3) is 0.240. The Morgan fingerprint density at radius 3 is 2.65 bits per heavy atom. The number of piperidine rings is 1. The van der Waals surface area contributed by atoms with E-state index in [1.54, 1.807) is 0 Å². The maximum Gasteiger partial charge on any atom is 0.307 e. The maximum absolute atomic E-state index is 11.6. The van der Waals surface area contributed by atoms with Gasteiger partial charge in [0.2, 0.25) is 0 Å². The van der Waals surface area contributed by atoms with Gasteiger partial charge in [0.15, 0.2) is 0 Å². The number of benzene rings is 3. The number of carboxylic acids is 1. The monoisotopic (exact) mass is 434 g/mol. The first-order chi connectivity index (χ1) is 15.2. The zero-order chi connectivity index (χ0) is 21.5. The smallest absolute Gasteiger partial charge is 0.307 e. The molecule has 3 aromatic rings. The largest absolute Gasteiger partial charge is 0.489 e. The van der Waals surface area contributed by atoms with E-state index in [0.717, 1.165) is 34.0 Å². The molecule has 0 saturated carbocycles. The van der Waals surface area contributed by atoms with Crippen molar-refractivity contribution < 1.29 is 14.6 Å². The standard InChI is InChI=1S/C25H26N2O3S/c28-25(29)23-13-14-26-16-24(23)19-7-4-8-20(15-19)27-31-22-11-9-21(10-12-22)30-17-18-5-2-1-3-6-18/h1-12,15,23-24,26-27H,13-14,16-17H2,(H,28,29). The Kier molecular flexibility index (Phi) is 7.12. The van der Waals surface area contributed by atoms with E-state index in [2.05, 4.69) is 16.1 Å². The van der Waals surface area contributed by atoms with Crippen LogP contribution < -0.4 is 14.8 Å². The first-order valence-corrected chi connectivity index (χ1v) is 11.2. The van der Waals surface area contributed by atoms with Crippen molar-refractivity contribution in [1.29, 1.82) is 0 Å². The summed E-state index contributed by atoms with van der Waals surface area (Å²) in [5.74, 6) is -0.236. The van der Waals surface area contributed by atoms with Crippen LogP contribution in [0.3, 0.4) is 0 Å². The third-order valence-electron chi connectivity index (χ3n) is 5.47. The van der Waals surface area contributed by atoms with Crippen LogP contribution in [0.4, 0.5) is 5.69 Å². The summed E-state index contributed by atoms with van der Waals surface area (Å²) in [6.45, 7) is 2.00. The van der Waals surface area contributed by atoms with E-state index >= 15 is 0 Å². The van der Waals surface area contributed by atoms with Gasteiger partial charge in [-0.3, -0.25) is 4.79 Å². The number of hydrogen-bond donors (Lipinski definition) is 3. The van der Waals surface area contributed by atoms with Crippen LogP contribution in [-0.4, -0.2) is 24.2 Å². The molecule has 1 aliphatic rings.